The van der Waals surface area contributed by atoms with E-state index in [2.05, 4.69) is 5.32 Å². The summed E-state index contributed by atoms with van der Waals surface area (Å²) in [6.07, 6.45) is -0.659. The second-order valence-corrected chi connectivity index (χ2v) is 7.57. The minimum absolute atomic E-state index is 0.132. The fourth-order valence-corrected chi connectivity index (χ4v) is 3.22. The molecule has 1 saturated carbocycles. The zero-order valence-electron chi connectivity index (χ0n) is 12.3. The van der Waals surface area contributed by atoms with Gasteiger partial charge in [-0.3, -0.25) is 10.1 Å². The van der Waals surface area contributed by atoms with Crippen LogP contribution in [-0.4, -0.2) is 40.4 Å². The number of benzene rings is 1. The Morgan fingerprint density at radius 3 is 2.61 bits per heavy atom. The van der Waals surface area contributed by atoms with Gasteiger partial charge in [-0.05, 0) is 31.5 Å². The van der Waals surface area contributed by atoms with Gasteiger partial charge in [0.2, 0.25) is 5.91 Å². The second-order valence-electron chi connectivity index (χ2n) is 6.09. The number of nitrogens with zero attached hydrogens (tertiary/aromatic N) is 1. The van der Waals surface area contributed by atoms with Crippen molar-refractivity contribution in [1.82, 2.24) is 4.90 Å². The summed E-state index contributed by atoms with van der Waals surface area (Å²) < 4.78 is 17.2. The number of carbonyl (C=O) groups is 2. The minimum atomic E-state index is -1.01. The molecule has 1 aliphatic carbocycles. The van der Waals surface area contributed by atoms with E-state index in [1.807, 2.05) is 0 Å². The van der Waals surface area contributed by atoms with Crippen LogP contribution in [0, 0.1) is 11.2 Å². The molecule has 1 atom stereocenters. The molecule has 124 valence electrons. The molecule has 2 fully saturated rings. The van der Waals surface area contributed by atoms with Gasteiger partial charge in [0.05, 0.1) is 18.5 Å². The molecule has 5 nitrogen and oxygen atoms in total. The van der Waals surface area contributed by atoms with Crippen LogP contribution in [0.3, 0.4) is 0 Å². The largest absolute Gasteiger partial charge is 0.442 e. The lowest BCUT2D eigenvalue weighted by Crippen LogP contribution is -2.57. The monoisotopic (exact) mass is 360 g/mol. The van der Waals surface area contributed by atoms with Gasteiger partial charge in [-0.15, -0.1) is 23.2 Å². The van der Waals surface area contributed by atoms with Crippen molar-refractivity contribution in [3.05, 3.63) is 30.1 Å². The highest BCUT2D eigenvalue weighted by atomic mass is 35.5. The SMILES string of the molecule is C[C@]1(C(=O)N2CC(OC(=O)Nc3cccc(F)c3)C2)CC1(Cl)Cl. The highest BCUT2D eigenvalue weighted by Crippen LogP contribution is 2.64. The van der Waals surface area contributed by atoms with E-state index in [0.717, 1.165) is 0 Å². The van der Waals surface area contributed by atoms with Crippen LogP contribution >= 0.6 is 23.2 Å². The van der Waals surface area contributed by atoms with E-state index in [-0.39, 0.29) is 5.91 Å². The maximum atomic E-state index is 13.0. The molecule has 0 unspecified atom stereocenters. The quantitative estimate of drug-likeness (QED) is 0.842. The molecule has 1 saturated heterocycles. The van der Waals surface area contributed by atoms with Crippen molar-refractivity contribution in [3.63, 3.8) is 0 Å². The van der Waals surface area contributed by atoms with E-state index < -0.39 is 27.8 Å². The first-order chi connectivity index (χ1) is 10.7. The van der Waals surface area contributed by atoms with Crippen LogP contribution in [0.2, 0.25) is 0 Å². The molecule has 0 radical (unpaired) electrons. The first kappa shape index (κ1) is 16.3. The second kappa shape index (κ2) is 5.53. The van der Waals surface area contributed by atoms with Crippen molar-refractivity contribution >= 4 is 40.9 Å². The maximum absolute atomic E-state index is 13.0. The molecule has 1 aromatic rings. The predicted octanol–water partition coefficient (Wildman–Crippen LogP) is 3.17. The number of likely N-dealkylation sites (tertiary alicyclic amines) is 1. The van der Waals surface area contributed by atoms with E-state index in [4.69, 9.17) is 27.9 Å². The lowest BCUT2D eigenvalue weighted by atomic mass is 10.0. The third-order valence-electron chi connectivity index (χ3n) is 4.21. The fraction of sp³-hybridized carbons (Fsp3) is 0.467. The summed E-state index contributed by atoms with van der Waals surface area (Å²) in [5, 5.41) is 2.43. The van der Waals surface area contributed by atoms with Gasteiger partial charge in [0.15, 0.2) is 0 Å². The maximum Gasteiger partial charge on any atom is 0.412 e. The van der Waals surface area contributed by atoms with Crippen molar-refractivity contribution in [3.8, 4) is 0 Å². The van der Waals surface area contributed by atoms with E-state index >= 15 is 0 Å². The van der Waals surface area contributed by atoms with Gasteiger partial charge < -0.3 is 9.64 Å². The van der Waals surface area contributed by atoms with Gasteiger partial charge in [0, 0.05) is 5.69 Å². The van der Waals surface area contributed by atoms with Crippen molar-refractivity contribution in [2.45, 2.75) is 23.8 Å². The van der Waals surface area contributed by atoms with Crippen molar-refractivity contribution < 1.29 is 18.7 Å². The van der Waals surface area contributed by atoms with Gasteiger partial charge in [-0.25, -0.2) is 9.18 Å². The van der Waals surface area contributed by atoms with Crippen molar-refractivity contribution in [2.24, 2.45) is 5.41 Å². The highest BCUT2D eigenvalue weighted by molar-refractivity contribution is 6.53. The summed E-state index contributed by atoms with van der Waals surface area (Å²) in [4.78, 5) is 25.5. The van der Waals surface area contributed by atoms with Gasteiger partial charge >= 0.3 is 6.09 Å². The smallest absolute Gasteiger partial charge is 0.412 e. The molecule has 3 rings (SSSR count). The number of anilines is 1. The van der Waals surface area contributed by atoms with Crippen molar-refractivity contribution in [1.29, 1.82) is 0 Å². The molecule has 0 aromatic heterocycles. The van der Waals surface area contributed by atoms with Crippen LogP contribution in [0.4, 0.5) is 14.9 Å². The standard InChI is InChI=1S/C15H15Cl2FN2O3/c1-14(8-15(14,16)17)12(21)20-6-11(7-20)23-13(22)19-10-4-2-3-9(18)5-10/h2-5,11H,6-8H2,1H3,(H,19,22)/t14-/m1/s1. The number of carbonyl (C=O) groups excluding carboxylic acids is 2. The molecule has 8 heteroatoms. The van der Waals surface area contributed by atoms with Gasteiger partial charge in [0.1, 0.15) is 16.3 Å². The summed E-state index contributed by atoms with van der Waals surface area (Å²) in [5.41, 5.74) is -0.452. The number of ether oxygens (including phenoxy) is 1. The topological polar surface area (TPSA) is 58.6 Å². The van der Waals surface area contributed by atoms with Crippen molar-refractivity contribution in [2.75, 3.05) is 18.4 Å². The van der Waals surface area contributed by atoms with Gasteiger partial charge in [-0.2, -0.15) is 0 Å². The first-order valence-corrected chi connectivity index (χ1v) is 7.87. The molecule has 1 N–H and O–H groups in total. The Balaban J connectivity index is 1.45. The Morgan fingerprint density at radius 1 is 1.39 bits per heavy atom. The summed E-state index contributed by atoms with van der Waals surface area (Å²) in [7, 11) is 0. The van der Waals surface area contributed by atoms with Crippen LogP contribution in [0.15, 0.2) is 24.3 Å². The lowest BCUT2D eigenvalue weighted by molar-refractivity contribution is -0.146. The molecule has 0 spiro atoms. The van der Waals surface area contributed by atoms with Crippen LogP contribution in [0.25, 0.3) is 0 Å². The Kier molecular flexibility index (Phi) is 3.92. The Labute approximate surface area is 142 Å². The van der Waals surface area contributed by atoms with Crippen LogP contribution in [0.1, 0.15) is 13.3 Å². The van der Waals surface area contributed by atoms with Crippen LogP contribution < -0.4 is 5.32 Å². The van der Waals surface area contributed by atoms with Crippen LogP contribution in [0.5, 0.6) is 0 Å². The summed E-state index contributed by atoms with van der Waals surface area (Å²) in [6.45, 7) is 2.32. The fourth-order valence-electron chi connectivity index (χ4n) is 2.52. The number of halogens is 3. The average molecular weight is 361 g/mol. The molecule has 0 bridgehead atoms. The molecule has 1 aliphatic heterocycles. The van der Waals surface area contributed by atoms with Crippen LogP contribution in [-0.2, 0) is 9.53 Å². The Hall–Kier alpha value is -1.53. The average Bonchev–Trinajstić information content (AvgIpc) is 2.93. The third-order valence-corrected chi connectivity index (χ3v) is 5.31. The van der Waals surface area contributed by atoms with Gasteiger partial charge in [-0.1, -0.05) is 6.07 Å². The van der Waals surface area contributed by atoms with E-state index in [1.54, 1.807) is 17.9 Å². The molecular formula is C15H15Cl2FN2O3. The molecular weight excluding hydrogens is 346 g/mol. The normalized spacial score (nSPS) is 25.5. The summed E-state index contributed by atoms with van der Waals surface area (Å²) >= 11 is 12.0. The number of nitrogens with one attached hydrogen (secondary N) is 1. The molecule has 2 amide bonds. The molecule has 23 heavy (non-hydrogen) atoms. The zero-order valence-corrected chi connectivity index (χ0v) is 13.8. The molecule has 1 aromatic carbocycles. The number of amides is 2. The number of hydrogen-bond donors (Lipinski definition) is 1. The number of rotatable bonds is 3. The summed E-state index contributed by atoms with van der Waals surface area (Å²) in [6, 6.07) is 5.50. The van der Waals surface area contributed by atoms with E-state index in [9.17, 15) is 14.0 Å². The minimum Gasteiger partial charge on any atom is -0.442 e. The number of hydrogen-bond acceptors (Lipinski definition) is 3. The van der Waals surface area contributed by atoms with Gasteiger partial charge in [0.25, 0.3) is 0 Å². The van der Waals surface area contributed by atoms with E-state index in [0.29, 0.717) is 25.2 Å². The zero-order chi connectivity index (χ0) is 16.8. The molecule has 1 heterocycles. The summed E-state index contributed by atoms with van der Waals surface area (Å²) in [5.74, 6) is -0.584. The predicted molar refractivity (Wildman–Crippen MR) is 84.0 cm³/mol. The Bertz CT molecular complexity index is 664. The number of alkyl halides is 2. The first-order valence-electron chi connectivity index (χ1n) is 7.12. The third kappa shape index (κ3) is 3.10. The molecule has 2 aliphatic rings. The highest BCUT2D eigenvalue weighted by Gasteiger charge is 2.69. The van der Waals surface area contributed by atoms with E-state index in [1.165, 1.54) is 18.2 Å². The lowest BCUT2D eigenvalue weighted by Gasteiger charge is -2.40. The Morgan fingerprint density at radius 2 is 2.04 bits per heavy atom.